The van der Waals surface area contributed by atoms with Gasteiger partial charge >= 0.3 is 0 Å². The van der Waals surface area contributed by atoms with Crippen LogP contribution in [0.5, 0.6) is 0 Å². The van der Waals surface area contributed by atoms with Gasteiger partial charge in [0.1, 0.15) is 13.3 Å². The van der Waals surface area contributed by atoms with Gasteiger partial charge in [-0.15, -0.1) is 0 Å². The molecular formula is C12H15N2O+. The lowest BCUT2D eigenvalue weighted by atomic mass is 9.82. The first-order chi connectivity index (χ1) is 7.09. The quantitative estimate of drug-likeness (QED) is 0.323. The Morgan fingerprint density at radius 2 is 2.00 bits per heavy atom. The number of para-hydroxylation sites is 1. The van der Waals surface area contributed by atoms with Crippen molar-refractivity contribution in [1.82, 2.24) is 0 Å². The molecule has 0 aromatic heterocycles. The van der Waals surface area contributed by atoms with Gasteiger partial charge in [-0.25, -0.2) is 0 Å². The number of rotatable bonds is 1. The second kappa shape index (κ2) is 3.19. The topological polar surface area (TPSA) is 35.6 Å². The van der Waals surface area contributed by atoms with Crippen LogP contribution in [0.4, 0.5) is 5.69 Å². The van der Waals surface area contributed by atoms with E-state index in [1.807, 2.05) is 19.2 Å². The molecule has 0 saturated carbocycles. The number of hydrogen-bond acceptors (Lipinski definition) is 2. The molecule has 1 aromatic rings. The predicted molar refractivity (Wildman–Crippen MR) is 60.6 cm³/mol. The highest BCUT2D eigenvalue weighted by atomic mass is 16.4. The van der Waals surface area contributed by atoms with Gasteiger partial charge in [-0.05, 0) is 13.8 Å². The highest BCUT2D eigenvalue weighted by molar-refractivity contribution is 6.33. The van der Waals surface area contributed by atoms with Crippen LogP contribution >= 0.6 is 0 Å². The molecule has 0 atom stereocenters. The Morgan fingerprint density at radius 3 is 2.60 bits per heavy atom. The van der Waals surface area contributed by atoms with Crippen molar-refractivity contribution in [3.05, 3.63) is 29.8 Å². The normalized spacial score (nSPS) is 18.6. The van der Waals surface area contributed by atoms with E-state index in [0.717, 1.165) is 5.71 Å². The third-order valence-electron chi connectivity index (χ3n) is 3.12. The first kappa shape index (κ1) is 9.90. The van der Waals surface area contributed by atoms with Crippen LogP contribution in [0.1, 0.15) is 19.4 Å². The average Bonchev–Trinajstić information content (AvgIpc) is 2.41. The summed E-state index contributed by atoms with van der Waals surface area (Å²) in [7, 11) is 1.99. The number of fused-ring (bicyclic) bond motifs is 1. The maximum Gasteiger partial charge on any atom is 0.213 e. The Morgan fingerprint density at radius 1 is 1.33 bits per heavy atom. The maximum absolute atomic E-state index is 8.68. The van der Waals surface area contributed by atoms with Crippen molar-refractivity contribution >= 4 is 17.6 Å². The molecule has 3 heteroatoms. The molecule has 0 saturated heterocycles. The van der Waals surface area contributed by atoms with Crippen LogP contribution in [-0.4, -0.2) is 28.8 Å². The molecule has 0 aliphatic carbocycles. The van der Waals surface area contributed by atoms with Gasteiger partial charge in [0, 0.05) is 11.6 Å². The van der Waals surface area contributed by atoms with Crippen molar-refractivity contribution < 1.29 is 9.78 Å². The van der Waals surface area contributed by atoms with Crippen molar-refractivity contribution in [2.24, 2.45) is 5.16 Å². The fraction of sp³-hybridized carbons (Fsp3) is 0.333. The van der Waals surface area contributed by atoms with E-state index in [-0.39, 0.29) is 5.41 Å². The highest BCUT2D eigenvalue weighted by Gasteiger charge is 2.43. The van der Waals surface area contributed by atoms with Gasteiger partial charge in [0.15, 0.2) is 0 Å². The van der Waals surface area contributed by atoms with E-state index in [1.54, 1.807) is 0 Å². The third kappa shape index (κ3) is 1.27. The highest BCUT2D eigenvalue weighted by Crippen LogP contribution is 2.37. The second-order valence-corrected chi connectivity index (χ2v) is 4.33. The first-order valence-electron chi connectivity index (χ1n) is 4.97. The summed E-state index contributed by atoms with van der Waals surface area (Å²) in [5, 5.41) is 11.8. The minimum Gasteiger partial charge on any atom is -0.411 e. The summed E-state index contributed by atoms with van der Waals surface area (Å²) in [6.45, 7) is 4.26. The Labute approximate surface area is 89.4 Å². The molecule has 1 heterocycles. The lowest BCUT2D eigenvalue weighted by Gasteiger charge is -2.14. The molecule has 0 radical (unpaired) electrons. The van der Waals surface area contributed by atoms with Crippen molar-refractivity contribution in [1.29, 1.82) is 0 Å². The molecule has 78 valence electrons. The molecular weight excluding hydrogens is 188 g/mol. The van der Waals surface area contributed by atoms with Crippen LogP contribution in [0.15, 0.2) is 29.4 Å². The largest absolute Gasteiger partial charge is 0.411 e. The van der Waals surface area contributed by atoms with Crippen LogP contribution in [0.3, 0.4) is 0 Å². The lowest BCUT2D eigenvalue weighted by molar-refractivity contribution is -0.400. The summed E-state index contributed by atoms with van der Waals surface area (Å²) in [5.41, 5.74) is 3.35. The van der Waals surface area contributed by atoms with E-state index in [2.05, 4.69) is 35.7 Å². The number of hydrogen-bond donors (Lipinski definition) is 1. The Balaban J connectivity index is 2.68. The molecule has 1 aromatic carbocycles. The van der Waals surface area contributed by atoms with E-state index in [4.69, 9.17) is 5.21 Å². The van der Waals surface area contributed by atoms with Crippen LogP contribution in [0, 0.1) is 0 Å². The van der Waals surface area contributed by atoms with Gasteiger partial charge in [0.2, 0.25) is 11.4 Å². The number of oxime groups is 1. The standard InChI is InChI=1S/C12H14N2O/c1-12(2)9-6-4-5-7-10(9)14(3)11(12)8-13-15/h4-8H,1-3H3/p+1. The van der Waals surface area contributed by atoms with Gasteiger partial charge in [-0.1, -0.05) is 23.4 Å². The fourth-order valence-corrected chi connectivity index (χ4v) is 2.28. The monoisotopic (exact) mass is 203 g/mol. The Bertz CT molecular complexity index is 458. The summed E-state index contributed by atoms with van der Waals surface area (Å²) in [4.78, 5) is 0. The lowest BCUT2D eigenvalue weighted by Crippen LogP contribution is -2.29. The van der Waals surface area contributed by atoms with Gasteiger partial charge in [-0.2, -0.15) is 4.58 Å². The summed E-state index contributed by atoms with van der Waals surface area (Å²) in [5.74, 6) is 0. The Hall–Kier alpha value is -1.64. The average molecular weight is 203 g/mol. The van der Waals surface area contributed by atoms with E-state index >= 15 is 0 Å². The summed E-state index contributed by atoms with van der Waals surface area (Å²) < 4.78 is 2.06. The minimum atomic E-state index is -0.0996. The molecule has 1 aliphatic heterocycles. The molecule has 15 heavy (non-hydrogen) atoms. The summed E-state index contributed by atoms with van der Waals surface area (Å²) in [6, 6.07) is 8.25. The van der Waals surface area contributed by atoms with E-state index in [1.165, 1.54) is 17.5 Å². The van der Waals surface area contributed by atoms with Crippen LogP contribution in [-0.2, 0) is 5.41 Å². The van der Waals surface area contributed by atoms with Gasteiger partial charge < -0.3 is 5.21 Å². The van der Waals surface area contributed by atoms with Crippen molar-refractivity contribution in [3.8, 4) is 0 Å². The molecule has 0 fully saturated rings. The molecule has 1 aliphatic rings. The summed E-state index contributed by atoms with van der Waals surface area (Å²) >= 11 is 0. The smallest absolute Gasteiger partial charge is 0.213 e. The molecule has 0 bridgehead atoms. The zero-order valence-corrected chi connectivity index (χ0v) is 9.23. The molecule has 1 N–H and O–H groups in total. The van der Waals surface area contributed by atoms with Gasteiger partial charge in [0.25, 0.3) is 0 Å². The van der Waals surface area contributed by atoms with Gasteiger partial charge in [-0.3, -0.25) is 0 Å². The fourth-order valence-electron chi connectivity index (χ4n) is 2.28. The summed E-state index contributed by atoms with van der Waals surface area (Å²) in [6.07, 6.45) is 1.51. The van der Waals surface area contributed by atoms with E-state index in [0.29, 0.717) is 0 Å². The van der Waals surface area contributed by atoms with Crippen LogP contribution in [0.2, 0.25) is 0 Å². The SMILES string of the molecule is C[N+]1=C(C=NO)C(C)(C)c2ccccc21. The maximum atomic E-state index is 8.68. The molecule has 2 rings (SSSR count). The number of nitrogens with zero attached hydrogens (tertiary/aromatic N) is 2. The minimum absolute atomic E-state index is 0.0996. The molecule has 0 spiro atoms. The number of benzene rings is 1. The second-order valence-electron chi connectivity index (χ2n) is 4.33. The van der Waals surface area contributed by atoms with E-state index in [9.17, 15) is 0 Å². The van der Waals surface area contributed by atoms with Gasteiger partial charge in [0.05, 0.1) is 5.41 Å². The van der Waals surface area contributed by atoms with Crippen molar-refractivity contribution in [2.45, 2.75) is 19.3 Å². The zero-order chi connectivity index (χ0) is 11.1. The van der Waals surface area contributed by atoms with Crippen LogP contribution < -0.4 is 0 Å². The van der Waals surface area contributed by atoms with Crippen LogP contribution in [0.25, 0.3) is 0 Å². The molecule has 3 nitrogen and oxygen atoms in total. The Kier molecular flexibility index (Phi) is 2.11. The zero-order valence-electron chi connectivity index (χ0n) is 9.23. The van der Waals surface area contributed by atoms with E-state index < -0.39 is 0 Å². The predicted octanol–water partition coefficient (Wildman–Crippen LogP) is 2.15. The first-order valence-corrected chi connectivity index (χ1v) is 4.97. The molecule has 0 unspecified atom stereocenters. The van der Waals surface area contributed by atoms with Crippen molar-refractivity contribution in [3.63, 3.8) is 0 Å². The van der Waals surface area contributed by atoms with Crippen molar-refractivity contribution in [2.75, 3.05) is 7.05 Å². The third-order valence-corrected chi connectivity index (χ3v) is 3.12. The molecule has 0 amide bonds.